The molecule has 7 heteroatoms. The van der Waals surface area contributed by atoms with Crippen LogP contribution in [0.4, 0.5) is 0 Å². The average molecular weight is 418 g/mol. The molecule has 2 heterocycles. The zero-order valence-corrected chi connectivity index (χ0v) is 16.5. The summed E-state index contributed by atoms with van der Waals surface area (Å²) in [5.74, 6) is 0. The maximum Gasteiger partial charge on any atom is 0.243 e. The fourth-order valence-corrected chi connectivity index (χ4v) is 5.24. The molecule has 2 aliphatic heterocycles. The first kappa shape index (κ1) is 18.3. The summed E-state index contributed by atoms with van der Waals surface area (Å²) in [5.41, 5.74) is 0.940. The molecule has 3 rings (SSSR count). The van der Waals surface area contributed by atoms with Gasteiger partial charge in [-0.1, -0.05) is 15.9 Å². The topological polar surface area (TPSA) is 51.0 Å². The quantitative estimate of drug-likeness (QED) is 0.800. The Bertz CT molecular complexity index is 666. The Morgan fingerprint density at radius 3 is 2.67 bits per heavy atom. The van der Waals surface area contributed by atoms with Gasteiger partial charge < -0.3 is 9.64 Å². The van der Waals surface area contributed by atoms with Gasteiger partial charge in [0.25, 0.3) is 0 Å². The van der Waals surface area contributed by atoms with Gasteiger partial charge in [-0.25, -0.2) is 8.42 Å². The van der Waals surface area contributed by atoms with Crippen LogP contribution in [0.5, 0.6) is 0 Å². The molecule has 1 N–H and O–H groups in total. The van der Waals surface area contributed by atoms with E-state index in [1.165, 1.54) is 17.7 Å². The molecular formula is C17H26BrN2O3S+. The summed E-state index contributed by atoms with van der Waals surface area (Å²) >= 11 is 3.42. The number of hydrogen-bond acceptors (Lipinski definition) is 3. The smallest absolute Gasteiger partial charge is 0.243 e. The number of nitrogens with zero attached hydrogens (tertiary/aromatic N) is 1. The Labute approximate surface area is 153 Å². The lowest BCUT2D eigenvalue weighted by atomic mass is 10.1. The lowest BCUT2D eigenvalue weighted by molar-refractivity contribution is -0.907. The summed E-state index contributed by atoms with van der Waals surface area (Å²) in [4.78, 5) is 1.85. The minimum Gasteiger partial charge on any atom is -0.372 e. The largest absolute Gasteiger partial charge is 0.372 e. The molecule has 0 aliphatic carbocycles. The monoisotopic (exact) mass is 417 g/mol. The molecule has 2 aliphatic rings. The Morgan fingerprint density at radius 2 is 2.04 bits per heavy atom. The van der Waals surface area contributed by atoms with E-state index in [4.69, 9.17) is 4.74 Å². The number of quaternary nitrogens is 1. The summed E-state index contributed by atoms with van der Waals surface area (Å²) in [6.45, 7) is 6.67. The number of benzene rings is 1. The average Bonchev–Trinajstić information content (AvgIpc) is 2.58. The fourth-order valence-electron chi connectivity index (χ4n) is 3.46. The molecule has 0 unspecified atom stereocenters. The number of rotatable bonds is 4. The summed E-state index contributed by atoms with van der Waals surface area (Å²) in [7, 11) is -3.39. The maximum absolute atomic E-state index is 12.8. The highest BCUT2D eigenvalue weighted by Crippen LogP contribution is 2.22. The first-order chi connectivity index (χ1) is 11.5. The second-order valence-electron chi connectivity index (χ2n) is 6.76. The zero-order valence-electron chi connectivity index (χ0n) is 14.1. The molecule has 1 atom stereocenters. The number of aryl methyl sites for hydroxylation is 1. The van der Waals surface area contributed by atoms with Crippen molar-refractivity contribution in [1.82, 2.24) is 4.31 Å². The van der Waals surface area contributed by atoms with Crippen LogP contribution in [-0.4, -0.2) is 58.2 Å². The second-order valence-corrected chi connectivity index (χ2v) is 9.55. The van der Waals surface area contributed by atoms with Crippen molar-refractivity contribution in [2.75, 3.05) is 39.3 Å². The standard InChI is InChI=1S/C17H25BrN2O3S/c1-14-12-16(5-6-17(14)18)24(21,22)20-9-7-19(8-10-20)13-15-4-2-3-11-23-15/h5-6,12,15H,2-4,7-11,13H2,1H3/p+1/t15-/m0/s1. The van der Waals surface area contributed by atoms with Crippen LogP contribution in [0, 0.1) is 6.92 Å². The van der Waals surface area contributed by atoms with Crippen molar-refractivity contribution in [2.45, 2.75) is 37.2 Å². The molecule has 5 nitrogen and oxygen atoms in total. The Hall–Kier alpha value is -0.470. The van der Waals surface area contributed by atoms with Crippen LogP contribution in [-0.2, 0) is 14.8 Å². The highest BCUT2D eigenvalue weighted by atomic mass is 79.9. The number of sulfonamides is 1. The molecule has 134 valence electrons. The van der Waals surface area contributed by atoms with Crippen molar-refractivity contribution >= 4 is 26.0 Å². The van der Waals surface area contributed by atoms with E-state index >= 15 is 0 Å². The first-order valence-corrected chi connectivity index (χ1v) is 10.9. The Morgan fingerprint density at radius 1 is 1.29 bits per heavy atom. The van der Waals surface area contributed by atoms with Crippen molar-refractivity contribution in [3.8, 4) is 0 Å². The third-order valence-electron chi connectivity index (χ3n) is 4.99. The van der Waals surface area contributed by atoms with Crippen molar-refractivity contribution in [1.29, 1.82) is 0 Å². The number of nitrogens with one attached hydrogen (secondary N) is 1. The molecule has 2 fully saturated rings. The van der Waals surface area contributed by atoms with Crippen LogP contribution in [0.2, 0.25) is 0 Å². The number of piperazine rings is 1. The molecule has 0 spiro atoms. The lowest BCUT2D eigenvalue weighted by Gasteiger charge is -2.34. The molecule has 0 aromatic heterocycles. The highest BCUT2D eigenvalue weighted by molar-refractivity contribution is 9.10. The number of ether oxygens (including phenoxy) is 1. The zero-order chi connectivity index (χ0) is 17.2. The van der Waals surface area contributed by atoms with Crippen molar-refractivity contribution < 1.29 is 18.1 Å². The molecular weight excluding hydrogens is 392 g/mol. The van der Waals surface area contributed by atoms with E-state index in [1.807, 2.05) is 13.0 Å². The normalized spacial score (nSPS) is 24.2. The number of hydrogen-bond donors (Lipinski definition) is 1. The lowest BCUT2D eigenvalue weighted by Crippen LogP contribution is -3.15. The van der Waals surface area contributed by atoms with E-state index in [9.17, 15) is 8.42 Å². The third-order valence-corrected chi connectivity index (χ3v) is 7.77. The molecule has 0 bridgehead atoms. The molecule has 0 radical (unpaired) electrons. The fraction of sp³-hybridized carbons (Fsp3) is 0.647. The number of halogens is 1. The minimum absolute atomic E-state index is 0.353. The van der Waals surface area contributed by atoms with Gasteiger partial charge in [-0.2, -0.15) is 4.31 Å². The van der Waals surface area contributed by atoms with Crippen LogP contribution in [0.25, 0.3) is 0 Å². The summed E-state index contributed by atoms with van der Waals surface area (Å²) in [6.07, 6.45) is 3.92. The van der Waals surface area contributed by atoms with E-state index in [1.54, 1.807) is 16.4 Å². The SMILES string of the molecule is Cc1cc(S(=O)(=O)N2CC[NH+](C[C@@H]3CCCCO3)CC2)ccc1Br. The van der Waals surface area contributed by atoms with Crippen LogP contribution in [0.1, 0.15) is 24.8 Å². The minimum atomic E-state index is -3.39. The van der Waals surface area contributed by atoms with Crippen LogP contribution in [0.15, 0.2) is 27.6 Å². The second kappa shape index (κ2) is 7.83. The van der Waals surface area contributed by atoms with E-state index in [2.05, 4.69) is 15.9 Å². The van der Waals surface area contributed by atoms with Crippen LogP contribution < -0.4 is 4.90 Å². The Balaban J connectivity index is 1.59. The van der Waals surface area contributed by atoms with Crippen molar-refractivity contribution in [3.05, 3.63) is 28.2 Å². The van der Waals surface area contributed by atoms with Crippen LogP contribution in [0.3, 0.4) is 0 Å². The van der Waals surface area contributed by atoms with Gasteiger partial charge >= 0.3 is 0 Å². The summed E-state index contributed by atoms with van der Waals surface area (Å²) < 4.78 is 34.0. The van der Waals surface area contributed by atoms with E-state index in [-0.39, 0.29) is 0 Å². The van der Waals surface area contributed by atoms with Gasteiger partial charge in [0.1, 0.15) is 12.6 Å². The molecule has 1 aromatic carbocycles. The predicted molar refractivity (Wildman–Crippen MR) is 96.8 cm³/mol. The van der Waals surface area contributed by atoms with Crippen LogP contribution >= 0.6 is 15.9 Å². The van der Waals surface area contributed by atoms with Gasteiger partial charge in [0.05, 0.1) is 31.1 Å². The van der Waals surface area contributed by atoms with E-state index in [0.717, 1.165) is 42.7 Å². The molecule has 1 aromatic rings. The highest BCUT2D eigenvalue weighted by Gasteiger charge is 2.31. The molecule has 2 saturated heterocycles. The van der Waals surface area contributed by atoms with Gasteiger partial charge in [-0.05, 0) is 49.9 Å². The summed E-state index contributed by atoms with van der Waals surface area (Å²) in [6, 6.07) is 5.24. The van der Waals surface area contributed by atoms with Gasteiger partial charge in [-0.3, -0.25) is 0 Å². The maximum atomic E-state index is 12.8. The molecule has 24 heavy (non-hydrogen) atoms. The Kier molecular flexibility index (Phi) is 5.98. The van der Waals surface area contributed by atoms with Gasteiger partial charge in [0, 0.05) is 11.1 Å². The van der Waals surface area contributed by atoms with Crippen molar-refractivity contribution in [3.63, 3.8) is 0 Å². The van der Waals surface area contributed by atoms with Crippen molar-refractivity contribution in [2.24, 2.45) is 0 Å². The van der Waals surface area contributed by atoms with Gasteiger partial charge in [0.2, 0.25) is 10.0 Å². The van der Waals surface area contributed by atoms with Gasteiger partial charge in [0.15, 0.2) is 0 Å². The van der Waals surface area contributed by atoms with Gasteiger partial charge in [-0.15, -0.1) is 0 Å². The predicted octanol–water partition coefficient (Wildman–Crippen LogP) is 1.22. The van der Waals surface area contributed by atoms with E-state index < -0.39 is 10.0 Å². The van der Waals surface area contributed by atoms with E-state index in [0.29, 0.717) is 24.1 Å². The summed E-state index contributed by atoms with van der Waals surface area (Å²) in [5, 5.41) is 0. The third kappa shape index (κ3) is 4.19. The molecule has 0 saturated carbocycles. The first-order valence-electron chi connectivity index (χ1n) is 8.68. The molecule has 0 amide bonds.